The van der Waals surface area contributed by atoms with Crippen molar-refractivity contribution in [3.63, 3.8) is 0 Å². The molecular formula is C43H27N3. The fraction of sp³-hybridized carbons (Fsp3) is 0. The molecule has 0 unspecified atom stereocenters. The van der Waals surface area contributed by atoms with Gasteiger partial charge >= 0.3 is 0 Å². The molecule has 0 aliphatic rings. The Labute approximate surface area is 266 Å². The zero-order valence-electron chi connectivity index (χ0n) is 24.9. The molecule has 1 aromatic heterocycles. The Morgan fingerprint density at radius 3 is 1.50 bits per heavy atom. The van der Waals surface area contributed by atoms with Crippen LogP contribution >= 0.6 is 0 Å². The van der Waals surface area contributed by atoms with Crippen molar-refractivity contribution < 1.29 is 0 Å². The molecule has 0 aliphatic carbocycles. The van der Waals surface area contributed by atoms with Crippen LogP contribution < -0.4 is 0 Å². The van der Waals surface area contributed by atoms with E-state index in [1.54, 1.807) is 0 Å². The molecule has 0 N–H and O–H groups in total. The van der Waals surface area contributed by atoms with E-state index in [1.165, 1.54) is 26.9 Å². The standard InChI is InChI=1S/C43H27N3/c1-3-14-28(15-4-1)31-26-38-35-23-10-9-21-33(35)34-22-11-12-24-36(34)40(38)39(27-31)43-45-41(30-17-5-2-6-18-30)44-42(46-43)37-25-13-19-29-16-7-8-20-32(29)37/h1-27H. The summed E-state index contributed by atoms with van der Waals surface area (Å²) < 4.78 is 0. The summed E-state index contributed by atoms with van der Waals surface area (Å²) in [6.07, 6.45) is 0. The van der Waals surface area contributed by atoms with Crippen LogP contribution in [0.5, 0.6) is 0 Å². The van der Waals surface area contributed by atoms with Gasteiger partial charge in [0.2, 0.25) is 0 Å². The van der Waals surface area contributed by atoms with Crippen LogP contribution in [-0.2, 0) is 0 Å². The second-order valence-corrected chi connectivity index (χ2v) is 11.6. The molecule has 0 saturated heterocycles. The van der Waals surface area contributed by atoms with Crippen LogP contribution in [0.15, 0.2) is 164 Å². The first kappa shape index (κ1) is 26.2. The van der Waals surface area contributed by atoms with Crippen LogP contribution in [0.4, 0.5) is 0 Å². The molecule has 0 radical (unpaired) electrons. The van der Waals surface area contributed by atoms with Crippen LogP contribution in [0.1, 0.15) is 0 Å². The predicted molar refractivity (Wildman–Crippen MR) is 192 cm³/mol. The van der Waals surface area contributed by atoms with E-state index in [2.05, 4.69) is 146 Å². The second-order valence-electron chi connectivity index (χ2n) is 11.6. The minimum atomic E-state index is 0.650. The van der Waals surface area contributed by atoms with Gasteiger partial charge in [-0.1, -0.05) is 152 Å². The van der Waals surface area contributed by atoms with Gasteiger partial charge < -0.3 is 0 Å². The van der Waals surface area contributed by atoms with Crippen molar-refractivity contribution in [1.29, 1.82) is 0 Å². The molecule has 0 spiro atoms. The Morgan fingerprint density at radius 2 is 0.783 bits per heavy atom. The van der Waals surface area contributed by atoms with Gasteiger partial charge in [0.05, 0.1) is 0 Å². The number of nitrogens with zero attached hydrogens (tertiary/aromatic N) is 3. The summed E-state index contributed by atoms with van der Waals surface area (Å²) in [5.74, 6) is 1.96. The maximum absolute atomic E-state index is 5.30. The molecule has 9 aromatic rings. The summed E-state index contributed by atoms with van der Waals surface area (Å²) in [5.41, 5.74) is 5.19. The molecule has 3 nitrogen and oxygen atoms in total. The van der Waals surface area contributed by atoms with Crippen LogP contribution in [-0.4, -0.2) is 15.0 Å². The van der Waals surface area contributed by atoms with Crippen molar-refractivity contribution in [1.82, 2.24) is 15.0 Å². The lowest BCUT2D eigenvalue weighted by molar-refractivity contribution is 1.08. The van der Waals surface area contributed by atoms with Crippen LogP contribution in [0, 0.1) is 0 Å². The fourth-order valence-corrected chi connectivity index (χ4v) is 6.76. The topological polar surface area (TPSA) is 38.7 Å². The largest absolute Gasteiger partial charge is 0.208 e. The van der Waals surface area contributed by atoms with Crippen LogP contribution in [0.2, 0.25) is 0 Å². The average Bonchev–Trinajstić information content (AvgIpc) is 3.15. The van der Waals surface area contributed by atoms with Crippen molar-refractivity contribution in [2.24, 2.45) is 0 Å². The van der Waals surface area contributed by atoms with Gasteiger partial charge in [-0.2, -0.15) is 0 Å². The first-order valence-corrected chi connectivity index (χ1v) is 15.5. The van der Waals surface area contributed by atoms with Gasteiger partial charge in [0, 0.05) is 22.1 Å². The second kappa shape index (κ2) is 10.8. The predicted octanol–water partition coefficient (Wildman–Crippen LogP) is 11.2. The third kappa shape index (κ3) is 4.33. The summed E-state index contributed by atoms with van der Waals surface area (Å²) >= 11 is 0. The quantitative estimate of drug-likeness (QED) is 0.193. The molecule has 0 aliphatic heterocycles. The van der Waals surface area contributed by atoms with Gasteiger partial charge in [0.1, 0.15) is 0 Å². The minimum Gasteiger partial charge on any atom is -0.208 e. The highest BCUT2D eigenvalue weighted by Crippen LogP contribution is 2.42. The highest BCUT2D eigenvalue weighted by Gasteiger charge is 2.20. The van der Waals surface area contributed by atoms with Crippen molar-refractivity contribution in [2.45, 2.75) is 0 Å². The number of hydrogen-bond acceptors (Lipinski definition) is 3. The summed E-state index contributed by atoms with van der Waals surface area (Å²) in [6, 6.07) is 57.5. The molecule has 8 aromatic carbocycles. The lowest BCUT2D eigenvalue weighted by Gasteiger charge is -2.17. The van der Waals surface area contributed by atoms with Gasteiger partial charge in [-0.15, -0.1) is 0 Å². The molecule has 0 atom stereocenters. The van der Waals surface area contributed by atoms with Crippen molar-refractivity contribution in [3.05, 3.63) is 164 Å². The number of aromatic nitrogens is 3. The first-order valence-electron chi connectivity index (χ1n) is 15.5. The normalized spacial score (nSPS) is 11.5. The maximum atomic E-state index is 5.30. The first-order chi connectivity index (χ1) is 22.8. The number of rotatable bonds is 4. The lowest BCUT2D eigenvalue weighted by atomic mass is 9.88. The number of hydrogen-bond donors (Lipinski definition) is 0. The average molecular weight is 586 g/mol. The van der Waals surface area contributed by atoms with Crippen molar-refractivity contribution in [3.8, 4) is 45.3 Å². The molecule has 0 amide bonds. The summed E-state index contributed by atoms with van der Waals surface area (Å²) in [7, 11) is 0. The number of benzene rings is 8. The Morgan fingerprint density at radius 1 is 0.283 bits per heavy atom. The summed E-state index contributed by atoms with van der Waals surface area (Å²) in [6.45, 7) is 0. The van der Waals surface area contributed by atoms with Gasteiger partial charge in [-0.05, 0) is 61.0 Å². The van der Waals surface area contributed by atoms with Crippen LogP contribution in [0.3, 0.4) is 0 Å². The molecule has 1 heterocycles. The third-order valence-corrected chi connectivity index (χ3v) is 8.89. The molecule has 3 heteroatoms. The summed E-state index contributed by atoms with van der Waals surface area (Å²) in [4.78, 5) is 15.6. The van der Waals surface area contributed by atoms with Gasteiger partial charge in [0.15, 0.2) is 17.5 Å². The third-order valence-electron chi connectivity index (χ3n) is 8.89. The number of fused-ring (bicyclic) bond motifs is 7. The minimum absolute atomic E-state index is 0.650. The molecule has 9 rings (SSSR count). The van der Waals surface area contributed by atoms with Crippen molar-refractivity contribution in [2.75, 3.05) is 0 Å². The zero-order chi connectivity index (χ0) is 30.5. The van der Waals surface area contributed by atoms with E-state index in [1.807, 2.05) is 18.2 Å². The van der Waals surface area contributed by atoms with E-state index in [0.717, 1.165) is 44.0 Å². The van der Waals surface area contributed by atoms with E-state index in [4.69, 9.17) is 15.0 Å². The van der Waals surface area contributed by atoms with E-state index < -0.39 is 0 Å². The molecule has 0 bridgehead atoms. The highest BCUT2D eigenvalue weighted by molar-refractivity contribution is 6.28. The molecular weight excluding hydrogens is 558 g/mol. The fourth-order valence-electron chi connectivity index (χ4n) is 6.76. The van der Waals surface area contributed by atoms with Crippen LogP contribution in [0.25, 0.3) is 88.4 Å². The molecule has 46 heavy (non-hydrogen) atoms. The van der Waals surface area contributed by atoms with Gasteiger partial charge in [-0.25, -0.2) is 15.0 Å². The SMILES string of the molecule is c1ccc(-c2cc(-c3nc(-c4ccccc4)nc(-c4cccc5ccccc45)n3)c3c4ccccc4c4ccccc4c3c2)cc1. The smallest absolute Gasteiger partial charge is 0.164 e. The zero-order valence-corrected chi connectivity index (χ0v) is 24.9. The van der Waals surface area contributed by atoms with Gasteiger partial charge in [0.25, 0.3) is 0 Å². The Bertz CT molecular complexity index is 2570. The summed E-state index contributed by atoms with van der Waals surface area (Å²) in [5, 5.41) is 9.42. The molecule has 0 saturated carbocycles. The lowest BCUT2D eigenvalue weighted by Crippen LogP contribution is -2.01. The Hall–Kier alpha value is -6.19. The van der Waals surface area contributed by atoms with E-state index >= 15 is 0 Å². The maximum Gasteiger partial charge on any atom is 0.164 e. The van der Waals surface area contributed by atoms with Crippen molar-refractivity contribution >= 4 is 43.1 Å². The van der Waals surface area contributed by atoms with E-state index in [0.29, 0.717) is 17.5 Å². The molecule has 214 valence electrons. The Balaban J connectivity index is 1.44. The van der Waals surface area contributed by atoms with E-state index in [-0.39, 0.29) is 0 Å². The Kier molecular flexibility index (Phi) is 6.14. The highest BCUT2D eigenvalue weighted by atomic mass is 15.0. The van der Waals surface area contributed by atoms with E-state index in [9.17, 15) is 0 Å². The molecule has 0 fully saturated rings. The van der Waals surface area contributed by atoms with Gasteiger partial charge in [-0.3, -0.25) is 0 Å². The monoisotopic (exact) mass is 585 g/mol.